The van der Waals surface area contributed by atoms with E-state index in [4.69, 9.17) is 9.47 Å². The molecule has 2 unspecified atom stereocenters. The molecule has 2 saturated heterocycles. The number of hydrogen-bond acceptors (Lipinski definition) is 4. The van der Waals surface area contributed by atoms with Crippen molar-refractivity contribution in [1.29, 1.82) is 0 Å². The Morgan fingerprint density at radius 2 is 2.07 bits per heavy atom. The summed E-state index contributed by atoms with van der Waals surface area (Å²) in [5, 5.41) is 6.77. The van der Waals surface area contributed by atoms with Gasteiger partial charge in [-0.2, -0.15) is 0 Å². The van der Waals surface area contributed by atoms with Crippen LogP contribution in [0.1, 0.15) is 31.4 Å². The average Bonchev–Trinajstić information content (AvgIpc) is 3.12. The van der Waals surface area contributed by atoms with Crippen LogP contribution < -0.4 is 10.6 Å². The van der Waals surface area contributed by atoms with Gasteiger partial charge >= 0.3 is 0 Å². The van der Waals surface area contributed by atoms with Crippen molar-refractivity contribution in [3.63, 3.8) is 0 Å². The van der Waals surface area contributed by atoms with Crippen molar-refractivity contribution in [3.8, 4) is 0 Å². The number of halogens is 2. The molecule has 0 spiro atoms. The molecule has 3 rings (SSSR count). The normalized spacial score (nSPS) is 24.5. The van der Waals surface area contributed by atoms with E-state index in [1.54, 1.807) is 19.2 Å². The maximum atomic E-state index is 13.8. The van der Waals surface area contributed by atoms with E-state index < -0.39 is 0 Å². The molecule has 2 fully saturated rings. The lowest BCUT2D eigenvalue weighted by Crippen LogP contribution is -2.49. The van der Waals surface area contributed by atoms with Gasteiger partial charge in [0.25, 0.3) is 0 Å². The highest BCUT2D eigenvalue weighted by Gasteiger charge is 2.30. The zero-order chi connectivity index (χ0) is 19.1. The van der Waals surface area contributed by atoms with Crippen LogP contribution in [0.25, 0.3) is 0 Å². The number of nitrogens with zero attached hydrogens (tertiary/aromatic N) is 2. The second kappa shape index (κ2) is 11.3. The third kappa shape index (κ3) is 6.53. The van der Waals surface area contributed by atoms with Crippen molar-refractivity contribution < 1.29 is 13.9 Å². The Kier molecular flexibility index (Phi) is 9.39. The van der Waals surface area contributed by atoms with E-state index in [-0.39, 0.29) is 41.4 Å². The maximum Gasteiger partial charge on any atom is 0.191 e. The number of hydrogen-bond donors (Lipinski definition) is 2. The first-order chi connectivity index (χ1) is 13.1. The van der Waals surface area contributed by atoms with Gasteiger partial charge in [0, 0.05) is 39.8 Å². The number of morpholine rings is 1. The summed E-state index contributed by atoms with van der Waals surface area (Å²) in [6, 6.07) is 6.90. The Morgan fingerprint density at radius 1 is 1.29 bits per heavy atom. The summed E-state index contributed by atoms with van der Waals surface area (Å²) in [5.41, 5.74) is 0.829. The van der Waals surface area contributed by atoms with Crippen LogP contribution in [-0.2, 0) is 9.47 Å². The van der Waals surface area contributed by atoms with Crippen molar-refractivity contribution in [3.05, 3.63) is 35.6 Å². The molecular formula is C20H32FIN4O2. The van der Waals surface area contributed by atoms with Crippen molar-refractivity contribution in [2.45, 2.75) is 31.4 Å². The van der Waals surface area contributed by atoms with E-state index in [0.717, 1.165) is 50.6 Å². The number of guanidine groups is 1. The molecule has 2 heterocycles. The van der Waals surface area contributed by atoms with Crippen LogP contribution in [-0.4, -0.2) is 69.5 Å². The van der Waals surface area contributed by atoms with E-state index in [1.165, 1.54) is 6.07 Å². The van der Waals surface area contributed by atoms with Gasteiger partial charge in [0.2, 0.25) is 0 Å². The van der Waals surface area contributed by atoms with E-state index in [0.29, 0.717) is 19.8 Å². The van der Waals surface area contributed by atoms with Crippen LogP contribution in [0.4, 0.5) is 4.39 Å². The van der Waals surface area contributed by atoms with Gasteiger partial charge in [0.15, 0.2) is 5.96 Å². The van der Waals surface area contributed by atoms with E-state index in [2.05, 4.69) is 27.4 Å². The van der Waals surface area contributed by atoms with Crippen molar-refractivity contribution in [1.82, 2.24) is 15.5 Å². The molecule has 0 radical (unpaired) electrons. The number of ether oxygens (including phenoxy) is 2. The van der Waals surface area contributed by atoms with Crippen molar-refractivity contribution in [2.24, 2.45) is 4.99 Å². The van der Waals surface area contributed by atoms with Gasteiger partial charge in [0.1, 0.15) is 5.82 Å². The summed E-state index contributed by atoms with van der Waals surface area (Å²) in [4.78, 5) is 6.66. The lowest BCUT2D eigenvalue weighted by atomic mass is 10.0. The molecule has 2 aliphatic rings. The minimum absolute atomic E-state index is 0. The molecule has 6 nitrogen and oxygen atoms in total. The quantitative estimate of drug-likeness (QED) is 0.353. The van der Waals surface area contributed by atoms with Crippen LogP contribution in [0.3, 0.4) is 0 Å². The fourth-order valence-corrected chi connectivity index (χ4v) is 3.72. The third-order valence-corrected chi connectivity index (χ3v) is 5.34. The highest BCUT2D eigenvalue weighted by molar-refractivity contribution is 14.0. The van der Waals surface area contributed by atoms with Gasteiger partial charge in [0.05, 0.1) is 24.9 Å². The summed E-state index contributed by atoms with van der Waals surface area (Å²) in [6.45, 7) is 7.38. The largest absolute Gasteiger partial charge is 0.379 e. The van der Waals surface area contributed by atoms with E-state index in [9.17, 15) is 4.39 Å². The second-order valence-corrected chi connectivity index (χ2v) is 7.43. The van der Waals surface area contributed by atoms with Gasteiger partial charge in [-0.25, -0.2) is 4.39 Å². The summed E-state index contributed by atoms with van der Waals surface area (Å²) in [6.07, 6.45) is 2.15. The van der Waals surface area contributed by atoms with Gasteiger partial charge in [-0.05, 0) is 37.5 Å². The van der Waals surface area contributed by atoms with Crippen molar-refractivity contribution >= 4 is 29.9 Å². The smallest absolute Gasteiger partial charge is 0.191 e. The summed E-state index contributed by atoms with van der Waals surface area (Å²) in [5.74, 6) is 0.529. The maximum absolute atomic E-state index is 13.8. The fraction of sp³-hybridized carbons (Fsp3) is 0.650. The molecule has 0 amide bonds. The molecule has 2 N–H and O–H groups in total. The lowest BCUT2D eigenvalue weighted by Gasteiger charge is -2.35. The molecule has 158 valence electrons. The van der Waals surface area contributed by atoms with Crippen LogP contribution in [0.2, 0.25) is 0 Å². The van der Waals surface area contributed by atoms with Crippen LogP contribution in [0.15, 0.2) is 29.3 Å². The fourth-order valence-electron chi connectivity index (χ4n) is 3.72. The number of benzene rings is 1. The molecule has 0 bridgehead atoms. The lowest BCUT2D eigenvalue weighted by molar-refractivity contribution is 0.0166. The zero-order valence-electron chi connectivity index (χ0n) is 16.7. The molecule has 8 heteroatoms. The Bertz CT molecular complexity index is 634. The van der Waals surface area contributed by atoms with Gasteiger partial charge in [-0.15, -0.1) is 24.0 Å². The van der Waals surface area contributed by atoms with Gasteiger partial charge in [-0.3, -0.25) is 9.89 Å². The number of aliphatic imine (C=N–C) groups is 1. The summed E-state index contributed by atoms with van der Waals surface area (Å²) in [7, 11) is 1.76. The predicted molar refractivity (Wildman–Crippen MR) is 120 cm³/mol. The first-order valence-corrected chi connectivity index (χ1v) is 9.75. The molecule has 0 aliphatic carbocycles. The SMILES string of the molecule is CN=C(NCC(c1cccc(F)c1)N1CCOCC1)NCC1(C)CCCO1.I. The third-order valence-electron chi connectivity index (χ3n) is 5.34. The van der Waals surface area contributed by atoms with E-state index >= 15 is 0 Å². The number of rotatable bonds is 6. The molecular weight excluding hydrogens is 474 g/mol. The average molecular weight is 506 g/mol. The zero-order valence-corrected chi connectivity index (χ0v) is 19.1. The monoisotopic (exact) mass is 506 g/mol. The van der Waals surface area contributed by atoms with Crippen LogP contribution in [0.5, 0.6) is 0 Å². The predicted octanol–water partition coefficient (Wildman–Crippen LogP) is 2.55. The Hall–Kier alpha value is -0.970. The second-order valence-electron chi connectivity index (χ2n) is 7.43. The number of nitrogens with one attached hydrogen (secondary N) is 2. The molecule has 2 aliphatic heterocycles. The molecule has 28 heavy (non-hydrogen) atoms. The van der Waals surface area contributed by atoms with Crippen molar-refractivity contribution in [2.75, 3.05) is 53.0 Å². The van der Waals surface area contributed by atoms with Gasteiger partial charge < -0.3 is 20.1 Å². The van der Waals surface area contributed by atoms with Crippen LogP contribution >= 0.6 is 24.0 Å². The minimum Gasteiger partial charge on any atom is -0.379 e. The Morgan fingerprint density at radius 3 is 2.71 bits per heavy atom. The summed E-state index contributed by atoms with van der Waals surface area (Å²) >= 11 is 0. The van der Waals surface area contributed by atoms with E-state index in [1.807, 2.05) is 6.07 Å². The highest BCUT2D eigenvalue weighted by Crippen LogP contribution is 2.24. The summed E-state index contributed by atoms with van der Waals surface area (Å²) < 4.78 is 25.1. The molecule has 2 atom stereocenters. The topological polar surface area (TPSA) is 58.1 Å². The highest BCUT2D eigenvalue weighted by atomic mass is 127. The van der Waals surface area contributed by atoms with Crippen LogP contribution in [0, 0.1) is 5.82 Å². The standard InChI is InChI=1S/C20H31FN4O2.HI/c1-20(7-4-10-27-20)15-24-19(22-2)23-14-18(25-8-11-26-12-9-25)16-5-3-6-17(21)13-16;/h3,5-6,13,18H,4,7-12,14-15H2,1-2H3,(H2,22,23,24);1H. The molecule has 0 saturated carbocycles. The molecule has 1 aromatic carbocycles. The first kappa shape index (κ1) is 23.3. The first-order valence-electron chi connectivity index (χ1n) is 9.75. The minimum atomic E-state index is -0.209. The Balaban J connectivity index is 0.00000280. The molecule has 0 aromatic heterocycles. The van der Waals surface area contributed by atoms with Gasteiger partial charge in [-0.1, -0.05) is 12.1 Å². The Labute approximate surface area is 184 Å². The molecule has 1 aromatic rings.